The van der Waals surface area contributed by atoms with Crippen molar-refractivity contribution in [2.45, 2.75) is 327 Å². The van der Waals surface area contributed by atoms with Crippen LogP contribution in [0.25, 0.3) is 0 Å². The quantitative estimate of drug-likeness (QED) is 0.0228. The Labute approximate surface area is 505 Å². The number of aliphatic hydroxyl groups excluding tert-OH is 2. The number of carbonyl (C=O) groups excluding carboxylic acids is 3. The standard InChI is InChI=1S/C71H120O12/c1-4-7-10-13-16-19-22-25-28-31-32-35-36-39-42-45-48-51-54-57-63(72)79-60-62(81-64(73)58-55-52-49-46-43-40-37-33-29-26-23-20-17-14-11-8-5-2)61-80-71-69(67(76)66(75)68(83-71)70(77)78)82-65(74)59-56-53-50-47-44-41-38-34-30-27-24-21-18-15-12-9-6-3/h9,12,16,18-19,21,25-30,38,41,62,66-69,71,75-76H,4-8,10-11,13-15,17,20,22-24,31-37,39-40,42-61H2,1-3H3,(H,77,78)/b12-9-,19-16-,21-18-,28-25-,29-26-,30-27-,41-38-. The lowest BCUT2D eigenvalue weighted by molar-refractivity contribution is -0.301. The van der Waals surface area contributed by atoms with Gasteiger partial charge in [0.1, 0.15) is 18.8 Å². The van der Waals surface area contributed by atoms with Crippen molar-refractivity contribution in [3.8, 4) is 0 Å². The molecule has 1 rings (SSSR count). The van der Waals surface area contributed by atoms with Gasteiger partial charge in [-0.1, -0.05) is 241 Å². The zero-order valence-corrected chi connectivity index (χ0v) is 52.7. The maximum atomic E-state index is 13.2. The number of esters is 3. The molecule has 0 spiro atoms. The molecule has 0 aromatic heterocycles. The molecule has 6 unspecified atom stereocenters. The molecular formula is C71H120O12. The van der Waals surface area contributed by atoms with E-state index in [-0.39, 0.29) is 25.9 Å². The van der Waals surface area contributed by atoms with E-state index in [0.717, 1.165) is 116 Å². The number of allylic oxidation sites excluding steroid dienone is 14. The second-order valence-corrected chi connectivity index (χ2v) is 22.7. The summed E-state index contributed by atoms with van der Waals surface area (Å²) in [6.07, 6.45) is 63.9. The van der Waals surface area contributed by atoms with E-state index in [1.807, 2.05) is 0 Å². The third-order valence-electron chi connectivity index (χ3n) is 14.9. The third kappa shape index (κ3) is 47.8. The largest absolute Gasteiger partial charge is 0.479 e. The van der Waals surface area contributed by atoms with Gasteiger partial charge in [0.15, 0.2) is 24.6 Å². The minimum absolute atomic E-state index is 0.0296. The molecule has 0 aliphatic carbocycles. The van der Waals surface area contributed by atoms with Gasteiger partial charge < -0.3 is 39.0 Å². The van der Waals surface area contributed by atoms with Gasteiger partial charge in [-0.25, -0.2) is 4.79 Å². The molecule has 0 aromatic carbocycles. The molecule has 0 saturated carbocycles. The smallest absolute Gasteiger partial charge is 0.335 e. The normalized spacial score (nSPS) is 18.1. The number of carbonyl (C=O) groups is 4. The molecule has 0 aromatic rings. The van der Waals surface area contributed by atoms with Crippen LogP contribution in [0.5, 0.6) is 0 Å². The third-order valence-corrected chi connectivity index (χ3v) is 14.9. The first kappa shape index (κ1) is 76.9. The number of unbranched alkanes of at least 4 members (excludes halogenated alkanes) is 29. The highest BCUT2D eigenvalue weighted by molar-refractivity contribution is 5.74. The molecule has 83 heavy (non-hydrogen) atoms. The van der Waals surface area contributed by atoms with Crippen LogP contribution in [-0.4, -0.2) is 89.2 Å². The molecule has 3 N–H and O–H groups in total. The van der Waals surface area contributed by atoms with Crippen molar-refractivity contribution in [3.63, 3.8) is 0 Å². The molecule has 0 amide bonds. The number of hydrogen-bond donors (Lipinski definition) is 3. The topological polar surface area (TPSA) is 175 Å². The van der Waals surface area contributed by atoms with Crippen LogP contribution < -0.4 is 0 Å². The average Bonchev–Trinajstić information content (AvgIpc) is 3.55. The fraction of sp³-hybridized carbons (Fsp3) is 0.746. The van der Waals surface area contributed by atoms with E-state index in [2.05, 4.69) is 106 Å². The van der Waals surface area contributed by atoms with Crippen LogP contribution >= 0.6 is 0 Å². The molecule has 1 fully saturated rings. The number of carboxylic acid groups (broad SMARTS) is 1. The Morgan fingerprint density at radius 2 is 0.759 bits per heavy atom. The Morgan fingerprint density at radius 1 is 0.410 bits per heavy atom. The summed E-state index contributed by atoms with van der Waals surface area (Å²) in [5, 5.41) is 31.6. The monoisotopic (exact) mass is 1160 g/mol. The molecule has 1 aliphatic rings. The molecule has 1 saturated heterocycles. The van der Waals surface area contributed by atoms with Gasteiger partial charge in [0.05, 0.1) is 6.61 Å². The van der Waals surface area contributed by atoms with E-state index in [1.165, 1.54) is 116 Å². The van der Waals surface area contributed by atoms with Gasteiger partial charge in [-0.3, -0.25) is 14.4 Å². The highest BCUT2D eigenvalue weighted by Gasteiger charge is 2.50. The molecule has 6 atom stereocenters. The summed E-state index contributed by atoms with van der Waals surface area (Å²) < 4.78 is 28.6. The highest BCUT2D eigenvalue weighted by Crippen LogP contribution is 2.27. The fourth-order valence-corrected chi connectivity index (χ4v) is 9.80. The molecule has 12 nitrogen and oxygen atoms in total. The fourth-order valence-electron chi connectivity index (χ4n) is 9.80. The average molecular weight is 1170 g/mol. The van der Waals surface area contributed by atoms with Crippen LogP contribution in [-0.2, 0) is 42.9 Å². The lowest BCUT2D eigenvalue weighted by atomic mass is 9.98. The number of ether oxygens (including phenoxy) is 5. The number of aliphatic hydroxyl groups is 2. The molecule has 0 radical (unpaired) electrons. The van der Waals surface area contributed by atoms with E-state index in [0.29, 0.717) is 19.3 Å². The first-order chi connectivity index (χ1) is 40.6. The number of carboxylic acids is 1. The van der Waals surface area contributed by atoms with Crippen molar-refractivity contribution in [1.29, 1.82) is 0 Å². The van der Waals surface area contributed by atoms with Crippen LogP contribution in [0.2, 0.25) is 0 Å². The Balaban J connectivity index is 2.67. The van der Waals surface area contributed by atoms with Crippen molar-refractivity contribution in [2.24, 2.45) is 0 Å². The van der Waals surface area contributed by atoms with Crippen LogP contribution in [0, 0.1) is 0 Å². The molecule has 1 heterocycles. The molecule has 12 heteroatoms. The summed E-state index contributed by atoms with van der Waals surface area (Å²) in [6.45, 7) is 5.87. The van der Waals surface area contributed by atoms with Crippen molar-refractivity contribution in [3.05, 3.63) is 85.1 Å². The van der Waals surface area contributed by atoms with E-state index in [4.69, 9.17) is 23.7 Å². The van der Waals surface area contributed by atoms with Crippen molar-refractivity contribution in [2.75, 3.05) is 13.2 Å². The zero-order chi connectivity index (χ0) is 60.3. The Kier molecular flexibility index (Phi) is 54.0. The van der Waals surface area contributed by atoms with Gasteiger partial charge in [-0.15, -0.1) is 0 Å². The van der Waals surface area contributed by atoms with Crippen molar-refractivity contribution >= 4 is 23.9 Å². The minimum atomic E-state index is -1.92. The summed E-state index contributed by atoms with van der Waals surface area (Å²) in [5.74, 6) is -3.15. The van der Waals surface area contributed by atoms with Gasteiger partial charge in [-0.05, 0) is 116 Å². The van der Waals surface area contributed by atoms with Crippen LogP contribution in [0.4, 0.5) is 0 Å². The van der Waals surface area contributed by atoms with Gasteiger partial charge in [0.2, 0.25) is 0 Å². The van der Waals surface area contributed by atoms with Gasteiger partial charge in [0.25, 0.3) is 0 Å². The minimum Gasteiger partial charge on any atom is -0.479 e. The molecule has 1 aliphatic heterocycles. The maximum Gasteiger partial charge on any atom is 0.335 e. The van der Waals surface area contributed by atoms with E-state index in [1.54, 1.807) is 0 Å². The van der Waals surface area contributed by atoms with Crippen molar-refractivity contribution in [1.82, 2.24) is 0 Å². The van der Waals surface area contributed by atoms with Gasteiger partial charge >= 0.3 is 23.9 Å². The SMILES string of the molecule is CC/C=C\C/C=C\C/C=C\C/C=C\CCCCCCC(=O)OC1C(OCC(COC(=O)CCCCCCCCCCC/C=C\C/C=C\CCCCC)OC(=O)CCCCCCCCC/C=C\CCCCCCCC)OC(C(=O)O)C(O)C1O. The lowest BCUT2D eigenvalue weighted by Crippen LogP contribution is -2.61. The highest BCUT2D eigenvalue weighted by atomic mass is 16.7. The summed E-state index contributed by atoms with van der Waals surface area (Å²) in [6, 6.07) is 0. The maximum absolute atomic E-state index is 13.2. The van der Waals surface area contributed by atoms with Gasteiger partial charge in [-0.2, -0.15) is 0 Å². The first-order valence-corrected chi connectivity index (χ1v) is 33.6. The molecule has 0 bridgehead atoms. The predicted octanol–water partition coefficient (Wildman–Crippen LogP) is 18.2. The number of hydrogen-bond acceptors (Lipinski definition) is 11. The van der Waals surface area contributed by atoms with Crippen LogP contribution in [0.1, 0.15) is 290 Å². The molecular weight excluding hydrogens is 1040 g/mol. The zero-order valence-electron chi connectivity index (χ0n) is 52.7. The second-order valence-electron chi connectivity index (χ2n) is 22.7. The van der Waals surface area contributed by atoms with Crippen LogP contribution in [0.15, 0.2) is 85.1 Å². The summed E-state index contributed by atoms with van der Waals surface area (Å²) in [7, 11) is 0. The van der Waals surface area contributed by atoms with E-state index >= 15 is 0 Å². The second kappa shape index (κ2) is 58.3. The number of aliphatic carboxylic acids is 1. The van der Waals surface area contributed by atoms with E-state index < -0.39 is 67.3 Å². The summed E-state index contributed by atoms with van der Waals surface area (Å²) in [5.41, 5.74) is 0. The predicted molar refractivity (Wildman–Crippen MR) is 340 cm³/mol. The Bertz CT molecular complexity index is 1760. The van der Waals surface area contributed by atoms with Gasteiger partial charge in [0, 0.05) is 19.3 Å². The first-order valence-electron chi connectivity index (χ1n) is 33.6. The number of rotatable bonds is 57. The Hall–Kier alpha value is -4.10. The summed E-state index contributed by atoms with van der Waals surface area (Å²) in [4.78, 5) is 51.4. The Morgan fingerprint density at radius 3 is 1.19 bits per heavy atom. The molecule has 476 valence electrons. The summed E-state index contributed by atoms with van der Waals surface area (Å²) >= 11 is 0. The van der Waals surface area contributed by atoms with E-state index in [9.17, 15) is 34.5 Å². The van der Waals surface area contributed by atoms with Crippen molar-refractivity contribution < 1.29 is 58.2 Å². The van der Waals surface area contributed by atoms with Crippen LogP contribution in [0.3, 0.4) is 0 Å². The lowest BCUT2D eigenvalue weighted by Gasteiger charge is -2.40.